The first kappa shape index (κ1) is 14.0. The lowest BCUT2D eigenvalue weighted by Crippen LogP contribution is -2.25. The first-order valence-electron chi connectivity index (χ1n) is 6.21. The third-order valence-electron chi connectivity index (χ3n) is 2.82. The molecule has 2 heterocycles. The number of hydrogen-bond donors (Lipinski definition) is 2. The van der Waals surface area contributed by atoms with Crippen LogP contribution in [0.25, 0.3) is 0 Å². The zero-order chi connectivity index (χ0) is 13.7. The molecule has 1 saturated heterocycles. The third kappa shape index (κ3) is 4.60. The van der Waals surface area contributed by atoms with Crippen LogP contribution in [0.5, 0.6) is 0 Å². The Morgan fingerprint density at radius 2 is 2.37 bits per heavy atom. The van der Waals surface area contributed by atoms with Crippen molar-refractivity contribution in [2.45, 2.75) is 38.2 Å². The van der Waals surface area contributed by atoms with Gasteiger partial charge in [-0.25, -0.2) is 4.98 Å². The van der Waals surface area contributed by atoms with Gasteiger partial charge in [0.15, 0.2) is 5.13 Å². The fraction of sp³-hybridized carbons (Fsp3) is 0.583. The minimum Gasteiger partial charge on any atom is -0.481 e. The minimum atomic E-state index is -0.932. The topological polar surface area (TPSA) is 88.5 Å². The average Bonchev–Trinajstić information content (AvgIpc) is 2.76. The maximum absolute atomic E-state index is 11.8. The van der Waals surface area contributed by atoms with Gasteiger partial charge in [0.2, 0.25) is 5.91 Å². The number of hydrogen-bond acceptors (Lipinski definition) is 5. The number of anilines is 1. The van der Waals surface area contributed by atoms with E-state index in [1.807, 2.05) is 0 Å². The predicted octanol–water partition coefficient (Wildman–Crippen LogP) is 1.67. The van der Waals surface area contributed by atoms with Crippen LogP contribution in [0.2, 0.25) is 0 Å². The Balaban J connectivity index is 1.81. The van der Waals surface area contributed by atoms with Crippen LogP contribution >= 0.6 is 11.3 Å². The van der Waals surface area contributed by atoms with E-state index in [0.717, 1.165) is 25.9 Å². The van der Waals surface area contributed by atoms with E-state index in [9.17, 15) is 9.59 Å². The highest BCUT2D eigenvalue weighted by Gasteiger charge is 2.18. The average molecular weight is 284 g/mol. The fourth-order valence-electron chi connectivity index (χ4n) is 1.95. The van der Waals surface area contributed by atoms with E-state index in [1.165, 1.54) is 11.3 Å². The van der Waals surface area contributed by atoms with Crippen molar-refractivity contribution in [2.75, 3.05) is 11.9 Å². The number of carboxylic acid groups (broad SMARTS) is 1. The standard InChI is InChI=1S/C12H16N2O4S/c15-10(6-9-3-1-2-4-18-9)14-12-13-8(7-19-12)5-11(16)17/h7,9H,1-6H2,(H,16,17)(H,13,14,15). The normalized spacial score (nSPS) is 19.1. The van der Waals surface area contributed by atoms with E-state index >= 15 is 0 Å². The molecule has 1 amide bonds. The van der Waals surface area contributed by atoms with Crippen molar-refractivity contribution in [2.24, 2.45) is 0 Å². The molecule has 1 aliphatic heterocycles. The largest absolute Gasteiger partial charge is 0.481 e. The summed E-state index contributed by atoms with van der Waals surface area (Å²) in [5.74, 6) is -1.07. The Hall–Kier alpha value is -1.47. The monoisotopic (exact) mass is 284 g/mol. The highest BCUT2D eigenvalue weighted by molar-refractivity contribution is 7.13. The van der Waals surface area contributed by atoms with E-state index in [1.54, 1.807) is 5.38 Å². The molecule has 7 heteroatoms. The quantitative estimate of drug-likeness (QED) is 0.858. The molecule has 1 atom stereocenters. The summed E-state index contributed by atoms with van der Waals surface area (Å²) in [4.78, 5) is 26.3. The molecule has 0 spiro atoms. The molecule has 0 saturated carbocycles. The molecule has 2 N–H and O–H groups in total. The van der Waals surface area contributed by atoms with E-state index in [-0.39, 0.29) is 18.4 Å². The van der Waals surface area contributed by atoms with E-state index in [0.29, 0.717) is 17.2 Å². The molecule has 1 unspecified atom stereocenters. The van der Waals surface area contributed by atoms with E-state index < -0.39 is 5.97 Å². The molecule has 0 aromatic carbocycles. The van der Waals surface area contributed by atoms with Gasteiger partial charge in [-0.2, -0.15) is 0 Å². The highest BCUT2D eigenvalue weighted by atomic mass is 32.1. The zero-order valence-electron chi connectivity index (χ0n) is 10.4. The van der Waals surface area contributed by atoms with Gasteiger partial charge in [-0.1, -0.05) is 0 Å². The Labute approximate surface area is 114 Å². The van der Waals surface area contributed by atoms with Crippen molar-refractivity contribution in [1.82, 2.24) is 4.98 Å². The molecule has 1 fully saturated rings. The maximum atomic E-state index is 11.8. The summed E-state index contributed by atoms with van der Waals surface area (Å²) in [5.41, 5.74) is 0.460. The molecule has 104 valence electrons. The van der Waals surface area contributed by atoms with Crippen molar-refractivity contribution < 1.29 is 19.4 Å². The molecule has 1 aromatic rings. The first-order chi connectivity index (χ1) is 9.13. The molecule has 1 aromatic heterocycles. The molecule has 1 aliphatic rings. The number of rotatable bonds is 5. The molecule has 2 rings (SSSR count). The smallest absolute Gasteiger partial charge is 0.309 e. The summed E-state index contributed by atoms with van der Waals surface area (Å²) in [6.45, 7) is 0.720. The Bertz CT molecular complexity index is 454. The van der Waals surface area contributed by atoms with Crippen molar-refractivity contribution >= 4 is 28.3 Å². The Morgan fingerprint density at radius 1 is 1.53 bits per heavy atom. The molecule has 19 heavy (non-hydrogen) atoms. The molecule has 0 radical (unpaired) electrons. The molecular formula is C12H16N2O4S. The molecule has 0 bridgehead atoms. The second-order valence-electron chi connectivity index (χ2n) is 4.46. The van der Waals surface area contributed by atoms with Gasteiger partial charge in [-0.15, -0.1) is 11.3 Å². The second kappa shape index (κ2) is 6.63. The number of nitrogens with one attached hydrogen (secondary N) is 1. The minimum absolute atomic E-state index is 0.00722. The number of amides is 1. The summed E-state index contributed by atoms with van der Waals surface area (Å²) in [6.07, 6.45) is 3.26. The number of aliphatic carboxylic acids is 1. The third-order valence-corrected chi connectivity index (χ3v) is 3.62. The van der Waals surface area contributed by atoms with Crippen LogP contribution in [0, 0.1) is 0 Å². The van der Waals surface area contributed by atoms with Gasteiger partial charge in [0, 0.05) is 12.0 Å². The molecule has 6 nitrogen and oxygen atoms in total. The number of nitrogens with zero attached hydrogens (tertiary/aromatic N) is 1. The number of carboxylic acids is 1. The Kier molecular flexibility index (Phi) is 4.86. The fourth-order valence-corrected chi connectivity index (χ4v) is 2.67. The van der Waals surface area contributed by atoms with Crippen LogP contribution in [0.3, 0.4) is 0 Å². The van der Waals surface area contributed by atoms with Crippen molar-refractivity contribution in [3.8, 4) is 0 Å². The maximum Gasteiger partial charge on any atom is 0.309 e. The number of aromatic nitrogens is 1. The van der Waals surface area contributed by atoms with Crippen molar-refractivity contribution in [1.29, 1.82) is 0 Å². The molecular weight excluding hydrogens is 268 g/mol. The second-order valence-corrected chi connectivity index (χ2v) is 5.31. The number of ether oxygens (including phenoxy) is 1. The highest BCUT2D eigenvalue weighted by Crippen LogP contribution is 2.19. The summed E-state index contributed by atoms with van der Waals surface area (Å²) < 4.78 is 5.49. The van der Waals surface area contributed by atoms with Gasteiger partial charge in [-0.3, -0.25) is 9.59 Å². The van der Waals surface area contributed by atoms with Crippen LogP contribution in [0.1, 0.15) is 31.4 Å². The molecule has 0 aliphatic carbocycles. The van der Waals surface area contributed by atoms with Gasteiger partial charge < -0.3 is 15.2 Å². The summed E-state index contributed by atoms with van der Waals surface area (Å²) in [6, 6.07) is 0. The summed E-state index contributed by atoms with van der Waals surface area (Å²) in [7, 11) is 0. The Morgan fingerprint density at radius 3 is 3.05 bits per heavy atom. The van der Waals surface area contributed by atoms with Crippen molar-refractivity contribution in [3.63, 3.8) is 0 Å². The van der Waals surface area contributed by atoms with Crippen LogP contribution in [0.4, 0.5) is 5.13 Å². The predicted molar refractivity (Wildman–Crippen MR) is 70.3 cm³/mol. The lowest BCUT2D eigenvalue weighted by Gasteiger charge is -2.21. The zero-order valence-corrected chi connectivity index (χ0v) is 11.2. The van der Waals surface area contributed by atoms with Crippen LogP contribution in [0.15, 0.2) is 5.38 Å². The lowest BCUT2D eigenvalue weighted by molar-refractivity contribution is -0.136. The SMILES string of the molecule is O=C(O)Cc1csc(NC(=O)CC2CCCCO2)n1. The van der Waals surface area contributed by atoms with Crippen molar-refractivity contribution in [3.05, 3.63) is 11.1 Å². The number of thiazole rings is 1. The first-order valence-corrected chi connectivity index (χ1v) is 7.09. The van der Waals surface area contributed by atoms with Crippen LogP contribution in [-0.4, -0.2) is 34.7 Å². The van der Waals surface area contributed by atoms with Gasteiger partial charge in [0.05, 0.1) is 24.6 Å². The van der Waals surface area contributed by atoms with Gasteiger partial charge >= 0.3 is 5.97 Å². The lowest BCUT2D eigenvalue weighted by atomic mass is 10.1. The van der Waals surface area contributed by atoms with Gasteiger partial charge in [0.1, 0.15) is 0 Å². The number of carbonyl (C=O) groups excluding carboxylic acids is 1. The number of carbonyl (C=O) groups is 2. The van der Waals surface area contributed by atoms with Crippen LogP contribution < -0.4 is 5.32 Å². The van der Waals surface area contributed by atoms with Gasteiger partial charge in [-0.05, 0) is 19.3 Å². The summed E-state index contributed by atoms with van der Waals surface area (Å²) in [5, 5.41) is 13.4. The van der Waals surface area contributed by atoms with Crippen LogP contribution in [-0.2, 0) is 20.7 Å². The van der Waals surface area contributed by atoms with Gasteiger partial charge in [0.25, 0.3) is 0 Å². The van der Waals surface area contributed by atoms with E-state index in [2.05, 4.69) is 10.3 Å². The van der Waals surface area contributed by atoms with E-state index in [4.69, 9.17) is 9.84 Å². The summed E-state index contributed by atoms with van der Waals surface area (Å²) >= 11 is 1.23.